The van der Waals surface area contributed by atoms with Crippen LogP contribution in [0, 0.1) is 6.92 Å². The first-order valence-corrected chi connectivity index (χ1v) is 10.8. The number of anilines is 3. The smallest absolute Gasteiger partial charge is 0.378 e. The largest absolute Gasteiger partial charge is 0.416 e. The number of ether oxygens (including phenoxy) is 1. The molecular formula is C23H21ClF3N5O2. The number of rotatable bonds is 4. The molecule has 2 amide bonds. The summed E-state index contributed by atoms with van der Waals surface area (Å²) in [6.07, 6.45) is -4.49. The summed E-state index contributed by atoms with van der Waals surface area (Å²) in [4.78, 5) is 23.4. The van der Waals surface area contributed by atoms with Gasteiger partial charge in [-0.15, -0.1) is 0 Å². The van der Waals surface area contributed by atoms with Gasteiger partial charge in [0.25, 0.3) is 0 Å². The van der Waals surface area contributed by atoms with Gasteiger partial charge in [0.05, 0.1) is 18.8 Å². The predicted octanol–water partition coefficient (Wildman–Crippen LogP) is 5.60. The zero-order valence-corrected chi connectivity index (χ0v) is 18.9. The molecule has 0 spiro atoms. The van der Waals surface area contributed by atoms with Gasteiger partial charge in [0.1, 0.15) is 11.0 Å². The Bertz CT molecular complexity index is 1180. The van der Waals surface area contributed by atoms with Crippen LogP contribution in [0.3, 0.4) is 0 Å². The molecule has 1 aliphatic heterocycles. The second-order valence-electron chi connectivity index (χ2n) is 7.62. The van der Waals surface area contributed by atoms with Gasteiger partial charge < -0.3 is 20.3 Å². The van der Waals surface area contributed by atoms with Gasteiger partial charge in [-0.1, -0.05) is 17.7 Å². The Morgan fingerprint density at radius 2 is 1.71 bits per heavy atom. The summed E-state index contributed by atoms with van der Waals surface area (Å²) in [5, 5.41) is 5.35. The zero-order valence-electron chi connectivity index (χ0n) is 18.1. The number of nitrogens with one attached hydrogen (secondary N) is 2. The summed E-state index contributed by atoms with van der Waals surface area (Å²) in [7, 11) is 0. The number of hydrogen-bond acceptors (Lipinski definition) is 5. The minimum absolute atomic E-state index is 0.0299. The zero-order chi connectivity index (χ0) is 24.3. The average molecular weight is 492 g/mol. The molecule has 3 aromatic rings. The molecule has 7 nitrogen and oxygen atoms in total. The number of carbonyl (C=O) groups is 1. The second kappa shape index (κ2) is 9.86. The lowest BCUT2D eigenvalue weighted by atomic mass is 10.2. The Hall–Kier alpha value is -3.37. The first-order valence-electron chi connectivity index (χ1n) is 10.4. The van der Waals surface area contributed by atoms with Gasteiger partial charge in [-0.3, -0.25) is 0 Å². The first kappa shape index (κ1) is 23.8. The van der Waals surface area contributed by atoms with Crippen molar-refractivity contribution in [3.05, 3.63) is 64.8 Å². The molecule has 178 valence electrons. The van der Waals surface area contributed by atoms with Crippen molar-refractivity contribution < 1.29 is 22.7 Å². The van der Waals surface area contributed by atoms with Gasteiger partial charge >= 0.3 is 12.2 Å². The Morgan fingerprint density at radius 1 is 1.03 bits per heavy atom. The Balaban J connectivity index is 1.46. The first-order chi connectivity index (χ1) is 16.2. The number of halogens is 4. The average Bonchev–Trinajstić information content (AvgIpc) is 2.81. The molecule has 0 bridgehead atoms. The van der Waals surface area contributed by atoms with Crippen LogP contribution in [0.5, 0.6) is 0 Å². The fourth-order valence-electron chi connectivity index (χ4n) is 3.46. The number of benzene rings is 2. The maximum absolute atomic E-state index is 12.9. The van der Waals surface area contributed by atoms with Gasteiger partial charge in [0, 0.05) is 35.6 Å². The molecule has 0 radical (unpaired) electrons. The minimum Gasteiger partial charge on any atom is -0.378 e. The van der Waals surface area contributed by atoms with Crippen LogP contribution >= 0.6 is 11.6 Å². The van der Waals surface area contributed by atoms with Crippen LogP contribution < -0.4 is 15.5 Å². The van der Waals surface area contributed by atoms with E-state index in [0.29, 0.717) is 48.5 Å². The van der Waals surface area contributed by atoms with Crippen molar-refractivity contribution in [3.63, 3.8) is 0 Å². The van der Waals surface area contributed by atoms with E-state index in [-0.39, 0.29) is 5.69 Å². The number of carbonyl (C=O) groups excluding carboxylic acids is 1. The van der Waals surface area contributed by atoms with E-state index in [4.69, 9.17) is 16.3 Å². The predicted molar refractivity (Wildman–Crippen MR) is 124 cm³/mol. The minimum atomic E-state index is -4.49. The van der Waals surface area contributed by atoms with Crippen LogP contribution in [-0.4, -0.2) is 42.3 Å². The molecule has 0 aliphatic carbocycles. The fourth-order valence-corrected chi connectivity index (χ4v) is 3.62. The molecule has 0 saturated carbocycles. The van der Waals surface area contributed by atoms with Crippen LogP contribution in [-0.2, 0) is 10.9 Å². The van der Waals surface area contributed by atoms with Crippen molar-refractivity contribution >= 4 is 34.8 Å². The lowest BCUT2D eigenvalue weighted by molar-refractivity contribution is -0.137. The third kappa shape index (κ3) is 5.57. The Morgan fingerprint density at radius 3 is 2.38 bits per heavy atom. The van der Waals surface area contributed by atoms with Crippen molar-refractivity contribution in [3.8, 4) is 11.4 Å². The molecule has 0 unspecified atom stereocenters. The van der Waals surface area contributed by atoms with E-state index >= 15 is 0 Å². The van der Waals surface area contributed by atoms with E-state index in [1.807, 2.05) is 6.92 Å². The van der Waals surface area contributed by atoms with Crippen molar-refractivity contribution in [2.75, 3.05) is 41.8 Å². The third-order valence-electron chi connectivity index (χ3n) is 5.22. The van der Waals surface area contributed by atoms with Crippen LogP contribution in [0.2, 0.25) is 5.15 Å². The topological polar surface area (TPSA) is 79.4 Å². The normalized spacial score (nSPS) is 14.1. The molecular weight excluding hydrogens is 471 g/mol. The molecule has 4 rings (SSSR count). The number of morpholine rings is 1. The van der Waals surface area contributed by atoms with Crippen molar-refractivity contribution in [1.29, 1.82) is 0 Å². The van der Waals surface area contributed by atoms with E-state index in [2.05, 4.69) is 25.5 Å². The Kier molecular flexibility index (Phi) is 6.90. The van der Waals surface area contributed by atoms with Crippen LogP contribution in [0.25, 0.3) is 11.4 Å². The van der Waals surface area contributed by atoms with Crippen LogP contribution in [0.1, 0.15) is 11.1 Å². The lowest BCUT2D eigenvalue weighted by Gasteiger charge is -2.29. The SMILES string of the molecule is Cc1c(Cl)nc(-c2ccc(NC(=O)Nc3cccc(C(F)(F)F)c3)cc2)nc1N1CCOCC1. The molecule has 2 aromatic carbocycles. The van der Waals surface area contributed by atoms with Gasteiger partial charge in [-0.25, -0.2) is 14.8 Å². The summed E-state index contributed by atoms with van der Waals surface area (Å²) in [6.45, 7) is 4.50. The number of amides is 2. The molecule has 0 atom stereocenters. The molecule has 1 aliphatic rings. The summed E-state index contributed by atoms with van der Waals surface area (Å²) in [5.74, 6) is 1.19. The fraction of sp³-hybridized carbons (Fsp3) is 0.261. The molecule has 2 heterocycles. The van der Waals surface area contributed by atoms with Gasteiger partial charge in [-0.2, -0.15) is 13.2 Å². The van der Waals surface area contributed by atoms with E-state index in [0.717, 1.165) is 23.5 Å². The van der Waals surface area contributed by atoms with E-state index in [1.165, 1.54) is 12.1 Å². The van der Waals surface area contributed by atoms with Crippen molar-refractivity contribution in [2.45, 2.75) is 13.1 Å². The van der Waals surface area contributed by atoms with E-state index in [1.54, 1.807) is 24.3 Å². The molecule has 1 aromatic heterocycles. The van der Waals surface area contributed by atoms with Crippen LogP contribution in [0.15, 0.2) is 48.5 Å². The number of urea groups is 1. The highest BCUT2D eigenvalue weighted by Gasteiger charge is 2.30. The standard InChI is InChI=1S/C23H21ClF3N5O2/c1-14-19(24)30-20(31-21(14)32-9-11-34-12-10-32)15-5-7-17(8-6-15)28-22(33)29-18-4-2-3-16(13-18)23(25,26)27/h2-8,13H,9-12H2,1H3,(H2,28,29,33). The summed E-state index contributed by atoms with van der Waals surface area (Å²) < 4.78 is 44.0. The monoisotopic (exact) mass is 491 g/mol. The maximum atomic E-state index is 12.9. The quantitative estimate of drug-likeness (QED) is 0.464. The van der Waals surface area contributed by atoms with Gasteiger partial charge in [0.15, 0.2) is 5.82 Å². The van der Waals surface area contributed by atoms with E-state index < -0.39 is 17.8 Å². The molecule has 34 heavy (non-hydrogen) atoms. The number of alkyl halides is 3. The highest BCUT2D eigenvalue weighted by atomic mass is 35.5. The number of nitrogens with zero attached hydrogens (tertiary/aromatic N) is 3. The molecule has 1 fully saturated rings. The van der Waals surface area contributed by atoms with E-state index in [9.17, 15) is 18.0 Å². The maximum Gasteiger partial charge on any atom is 0.416 e. The summed E-state index contributed by atoms with van der Waals surface area (Å²) in [5.41, 5.74) is 1.11. The van der Waals surface area contributed by atoms with Gasteiger partial charge in [0.2, 0.25) is 0 Å². The van der Waals surface area contributed by atoms with Gasteiger partial charge in [-0.05, 0) is 49.4 Å². The lowest BCUT2D eigenvalue weighted by Crippen LogP contribution is -2.37. The second-order valence-corrected chi connectivity index (χ2v) is 7.98. The van der Waals surface area contributed by atoms with Crippen LogP contribution in [0.4, 0.5) is 35.2 Å². The van der Waals surface area contributed by atoms with Crippen molar-refractivity contribution in [1.82, 2.24) is 9.97 Å². The molecule has 11 heteroatoms. The highest BCUT2D eigenvalue weighted by Crippen LogP contribution is 2.31. The number of aromatic nitrogens is 2. The Labute approximate surface area is 198 Å². The molecule has 1 saturated heterocycles. The summed E-state index contributed by atoms with van der Waals surface area (Å²) in [6, 6.07) is 10.5. The summed E-state index contributed by atoms with van der Waals surface area (Å²) >= 11 is 6.36. The third-order valence-corrected chi connectivity index (χ3v) is 5.59. The van der Waals surface area contributed by atoms with Crippen molar-refractivity contribution in [2.24, 2.45) is 0 Å². The number of hydrogen-bond donors (Lipinski definition) is 2. The highest BCUT2D eigenvalue weighted by molar-refractivity contribution is 6.30. The molecule has 2 N–H and O–H groups in total.